The molecule has 13 heavy (non-hydrogen) atoms. The van der Waals surface area contributed by atoms with Crippen LogP contribution >= 0.6 is 0 Å². The first-order chi connectivity index (χ1) is 6.13. The van der Waals surface area contributed by atoms with Crippen molar-refractivity contribution >= 4 is 11.7 Å². The number of rotatable bonds is 2. The minimum absolute atomic E-state index is 0.443. The Bertz CT molecular complexity index is 323. The van der Waals surface area contributed by atoms with Gasteiger partial charge in [-0.15, -0.1) is 0 Å². The highest BCUT2D eigenvalue weighted by Gasteiger charge is 2.03. The molecule has 0 aliphatic heterocycles. The molecule has 0 bridgehead atoms. The van der Waals surface area contributed by atoms with E-state index in [1.54, 1.807) is 0 Å². The Morgan fingerprint density at radius 1 is 1.54 bits per heavy atom. The van der Waals surface area contributed by atoms with E-state index in [1.807, 2.05) is 26.0 Å². The number of aromatic nitrogens is 1. The molecule has 0 aliphatic rings. The summed E-state index contributed by atoms with van der Waals surface area (Å²) >= 11 is 0. The molecule has 0 aliphatic carbocycles. The Morgan fingerprint density at radius 2 is 2.23 bits per heavy atom. The summed E-state index contributed by atoms with van der Waals surface area (Å²) in [6.07, 6.45) is 0. The van der Waals surface area contributed by atoms with Gasteiger partial charge < -0.3 is 10.4 Å². The van der Waals surface area contributed by atoms with E-state index in [9.17, 15) is 4.79 Å². The van der Waals surface area contributed by atoms with Gasteiger partial charge in [0.2, 0.25) is 0 Å². The maximum atomic E-state index is 10.8. The first kappa shape index (κ1) is 9.67. The predicted octanol–water partition coefficient (Wildman–Crippen LogP) is 0.629. The number of hydrogen-bond acceptors (Lipinski definition) is 3. The van der Waals surface area contributed by atoms with Gasteiger partial charge >= 0.3 is 0 Å². The van der Waals surface area contributed by atoms with Gasteiger partial charge in [-0.25, -0.2) is 4.98 Å². The van der Waals surface area contributed by atoms with Crippen molar-refractivity contribution < 1.29 is 9.90 Å². The number of anilines is 1. The SMILES string of the molecule is Cc1ccc(C)c(NC(=O)CO)n1. The number of nitrogens with zero attached hydrogens (tertiary/aromatic N) is 1. The molecule has 1 aromatic heterocycles. The van der Waals surface area contributed by atoms with Gasteiger partial charge in [0, 0.05) is 5.69 Å². The van der Waals surface area contributed by atoms with Gasteiger partial charge in [0.05, 0.1) is 0 Å². The van der Waals surface area contributed by atoms with Crippen LogP contribution < -0.4 is 5.32 Å². The summed E-state index contributed by atoms with van der Waals surface area (Å²) in [5.74, 6) is 0.0697. The molecule has 2 N–H and O–H groups in total. The molecule has 0 aromatic carbocycles. The van der Waals surface area contributed by atoms with Gasteiger partial charge in [0.1, 0.15) is 12.4 Å². The fraction of sp³-hybridized carbons (Fsp3) is 0.333. The lowest BCUT2D eigenvalue weighted by atomic mass is 10.2. The second kappa shape index (κ2) is 4.00. The van der Waals surface area contributed by atoms with Crippen molar-refractivity contribution in [2.75, 3.05) is 11.9 Å². The Morgan fingerprint density at radius 3 is 2.85 bits per heavy atom. The van der Waals surface area contributed by atoms with Crippen molar-refractivity contribution in [3.63, 3.8) is 0 Å². The highest BCUT2D eigenvalue weighted by molar-refractivity contribution is 5.91. The average Bonchev–Trinajstić information content (AvgIpc) is 2.11. The minimum Gasteiger partial charge on any atom is -0.387 e. The smallest absolute Gasteiger partial charge is 0.251 e. The Balaban J connectivity index is 2.87. The van der Waals surface area contributed by atoms with E-state index >= 15 is 0 Å². The van der Waals surface area contributed by atoms with Crippen molar-refractivity contribution in [2.45, 2.75) is 13.8 Å². The van der Waals surface area contributed by atoms with Crippen LogP contribution in [0.5, 0.6) is 0 Å². The fourth-order valence-electron chi connectivity index (χ4n) is 0.924. The van der Waals surface area contributed by atoms with Crippen LogP contribution in [0.15, 0.2) is 12.1 Å². The zero-order chi connectivity index (χ0) is 9.84. The number of amides is 1. The minimum atomic E-state index is -0.519. The molecule has 0 unspecified atom stereocenters. The molecule has 1 amide bonds. The highest BCUT2D eigenvalue weighted by Crippen LogP contribution is 2.11. The summed E-state index contributed by atoms with van der Waals surface area (Å²) in [7, 11) is 0. The molecular formula is C9H12N2O2. The number of carbonyl (C=O) groups is 1. The van der Waals surface area contributed by atoms with Gasteiger partial charge in [-0.05, 0) is 25.5 Å². The third-order valence-electron chi connectivity index (χ3n) is 1.64. The quantitative estimate of drug-likeness (QED) is 0.701. The lowest BCUT2D eigenvalue weighted by Gasteiger charge is -2.06. The second-order valence-corrected chi connectivity index (χ2v) is 2.82. The normalized spacial score (nSPS) is 9.77. The zero-order valence-electron chi connectivity index (χ0n) is 7.66. The van der Waals surface area contributed by atoms with Gasteiger partial charge in [0.15, 0.2) is 0 Å². The molecule has 4 nitrogen and oxygen atoms in total. The summed E-state index contributed by atoms with van der Waals surface area (Å²) in [5, 5.41) is 11.0. The van der Waals surface area contributed by atoms with Crippen LogP contribution in [-0.2, 0) is 4.79 Å². The third kappa shape index (κ3) is 2.52. The monoisotopic (exact) mass is 180 g/mol. The number of nitrogens with one attached hydrogen (secondary N) is 1. The van der Waals surface area contributed by atoms with Crippen LogP contribution in [0.4, 0.5) is 5.82 Å². The van der Waals surface area contributed by atoms with Gasteiger partial charge in [-0.2, -0.15) is 0 Å². The van der Waals surface area contributed by atoms with Crippen molar-refractivity contribution in [1.29, 1.82) is 0 Å². The Labute approximate surface area is 76.6 Å². The molecule has 4 heteroatoms. The molecule has 0 fully saturated rings. The van der Waals surface area contributed by atoms with Crippen LogP contribution in [0.2, 0.25) is 0 Å². The number of aryl methyl sites for hydroxylation is 2. The molecular weight excluding hydrogens is 168 g/mol. The molecule has 0 radical (unpaired) electrons. The van der Waals surface area contributed by atoms with Crippen molar-refractivity contribution in [3.05, 3.63) is 23.4 Å². The van der Waals surface area contributed by atoms with Crippen molar-refractivity contribution in [3.8, 4) is 0 Å². The molecule has 0 atom stereocenters. The Hall–Kier alpha value is -1.42. The molecule has 0 saturated carbocycles. The van der Waals surface area contributed by atoms with Crippen LogP contribution in [0, 0.1) is 13.8 Å². The number of carbonyl (C=O) groups excluding carboxylic acids is 1. The van der Waals surface area contributed by atoms with Gasteiger partial charge in [0.25, 0.3) is 5.91 Å². The highest BCUT2D eigenvalue weighted by atomic mass is 16.3. The first-order valence-electron chi connectivity index (χ1n) is 3.98. The summed E-state index contributed by atoms with van der Waals surface area (Å²) < 4.78 is 0. The van der Waals surface area contributed by atoms with E-state index in [2.05, 4.69) is 10.3 Å². The molecule has 0 spiro atoms. The number of aliphatic hydroxyl groups excluding tert-OH is 1. The summed E-state index contributed by atoms with van der Waals surface area (Å²) in [6.45, 7) is 3.17. The number of pyridine rings is 1. The van der Waals surface area contributed by atoms with E-state index in [1.165, 1.54) is 0 Å². The van der Waals surface area contributed by atoms with Crippen LogP contribution in [-0.4, -0.2) is 22.6 Å². The van der Waals surface area contributed by atoms with Crippen molar-refractivity contribution in [2.24, 2.45) is 0 Å². The molecule has 70 valence electrons. The van der Waals surface area contributed by atoms with Crippen LogP contribution in [0.3, 0.4) is 0 Å². The lowest BCUT2D eigenvalue weighted by molar-refractivity contribution is -0.118. The predicted molar refractivity (Wildman–Crippen MR) is 49.4 cm³/mol. The zero-order valence-corrected chi connectivity index (χ0v) is 7.66. The summed E-state index contributed by atoms with van der Waals surface area (Å²) in [6, 6.07) is 3.74. The largest absolute Gasteiger partial charge is 0.387 e. The Kier molecular flexibility index (Phi) is 2.97. The standard InChI is InChI=1S/C9H12N2O2/c1-6-3-4-7(2)10-9(6)11-8(13)5-12/h3-4,12H,5H2,1-2H3,(H,10,11,13). The first-order valence-corrected chi connectivity index (χ1v) is 3.98. The lowest BCUT2D eigenvalue weighted by Crippen LogP contribution is -2.17. The van der Waals surface area contributed by atoms with Crippen LogP contribution in [0.1, 0.15) is 11.3 Å². The van der Waals surface area contributed by atoms with E-state index in [0.29, 0.717) is 5.82 Å². The molecule has 1 heterocycles. The van der Waals surface area contributed by atoms with Gasteiger partial charge in [-0.1, -0.05) is 6.07 Å². The number of aliphatic hydroxyl groups is 1. The maximum absolute atomic E-state index is 10.8. The molecule has 1 rings (SSSR count). The molecule has 1 aromatic rings. The average molecular weight is 180 g/mol. The topological polar surface area (TPSA) is 62.2 Å². The van der Waals surface area contributed by atoms with E-state index in [-0.39, 0.29) is 0 Å². The third-order valence-corrected chi connectivity index (χ3v) is 1.64. The fourth-order valence-corrected chi connectivity index (χ4v) is 0.924. The van der Waals surface area contributed by atoms with E-state index in [4.69, 9.17) is 5.11 Å². The second-order valence-electron chi connectivity index (χ2n) is 2.82. The molecule has 0 saturated heterocycles. The van der Waals surface area contributed by atoms with Gasteiger partial charge in [-0.3, -0.25) is 4.79 Å². The van der Waals surface area contributed by atoms with E-state index in [0.717, 1.165) is 11.3 Å². The summed E-state index contributed by atoms with van der Waals surface area (Å²) in [5.41, 5.74) is 1.71. The van der Waals surface area contributed by atoms with Crippen molar-refractivity contribution in [1.82, 2.24) is 4.98 Å². The van der Waals surface area contributed by atoms with Crippen LogP contribution in [0.25, 0.3) is 0 Å². The van der Waals surface area contributed by atoms with E-state index < -0.39 is 12.5 Å². The maximum Gasteiger partial charge on any atom is 0.251 e. The summed E-state index contributed by atoms with van der Waals surface area (Å²) in [4.78, 5) is 15.0. The number of hydrogen-bond donors (Lipinski definition) is 2.